The highest BCUT2D eigenvalue weighted by Gasteiger charge is 2.36. The van der Waals surface area contributed by atoms with Crippen molar-refractivity contribution in [2.24, 2.45) is 5.92 Å². The number of carbonyl (C=O) groups excluding carboxylic acids is 3. The van der Waals surface area contributed by atoms with Crippen LogP contribution in [0.1, 0.15) is 67.2 Å². The third kappa shape index (κ3) is 9.63. The minimum Gasteiger partial charge on any atom is -0.371 e. The zero-order chi connectivity index (χ0) is 42.6. The highest BCUT2D eigenvalue weighted by molar-refractivity contribution is 5.99. The van der Waals surface area contributed by atoms with Gasteiger partial charge in [0, 0.05) is 107 Å². The number of fused-ring (bicyclic) bond motifs is 1. The zero-order valence-electron chi connectivity index (χ0n) is 35.7. The van der Waals surface area contributed by atoms with Crippen molar-refractivity contribution in [2.75, 3.05) is 89.3 Å². The van der Waals surface area contributed by atoms with Crippen molar-refractivity contribution in [1.82, 2.24) is 40.3 Å². The number of amides is 3. The molecule has 3 atom stereocenters. The van der Waals surface area contributed by atoms with E-state index in [1.165, 1.54) is 11.3 Å². The molecule has 0 saturated carbocycles. The smallest absolute Gasteiger partial charge is 0.278 e. The summed E-state index contributed by atoms with van der Waals surface area (Å²) in [6.07, 6.45) is 3.76. The SMILES string of the molecule is Cc1cccc(F)c1CN1C[C@H](c2ccc(N3CCN(CCCCNC(=O)C4CCN(c5ccc6nnn(C7CCC(=O)NC7=O)c(=O)c6c5)CC4)CC3)cc2)[C@@H](N(C)C)C1. The lowest BCUT2D eigenvalue weighted by atomic mass is 9.93. The van der Waals surface area contributed by atoms with Gasteiger partial charge in [-0.15, -0.1) is 5.10 Å². The summed E-state index contributed by atoms with van der Waals surface area (Å²) in [7, 11) is 4.29. The van der Waals surface area contributed by atoms with Gasteiger partial charge in [-0.25, -0.2) is 4.39 Å². The average molecular weight is 835 g/mol. The van der Waals surface area contributed by atoms with Crippen LogP contribution in [0, 0.1) is 18.7 Å². The molecule has 4 aliphatic heterocycles. The first-order valence-electron chi connectivity index (χ1n) is 22.0. The van der Waals surface area contributed by atoms with Gasteiger partial charge in [0.05, 0.1) is 5.39 Å². The number of piperazine rings is 1. The van der Waals surface area contributed by atoms with Crippen LogP contribution in [0.4, 0.5) is 15.8 Å². The number of halogens is 1. The van der Waals surface area contributed by atoms with E-state index in [0.717, 1.165) is 93.0 Å². The molecule has 1 aromatic heterocycles. The quantitative estimate of drug-likeness (QED) is 0.151. The minimum absolute atomic E-state index is 0.0494. The molecule has 0 bridgehead atoms. The lowest BCUT2D eigenvalue weighted by Gasteiger charge is -2.36. The molecule has 2 N–H and O–H groups in total. The molecule has 4 fully saturated rings. The number of nitrogens with one attached hydrogen (secondary N) is 2. The number of likely N-dealkylation sites (N-methyl/N-ethyl adjacent to an activating group) is 1. The van der Waals surface area contributed by atoms with Crippen LogP contribution in [-0.2, 0) is 20.9 Å². The van der Waals surface area contributed by atoms with Gasteiger partial charge in [-0.1, -0.05) is 29.5 Å². The third-order valence-electron chi connectivity index (χ3n) is 13.4. The van der Waals surface area contributed by atoms with Gasteiger partial charge in [-0.3, -0.25) is 34.3 Å². The summed E-state index contributed by atoms with van der Waals surface area (Å²) in [6, 6.07) is 19.5. The molecule has 0 radical (unpaired) electrons. The van der Waals surface area contributed by atoms with E-state index >= 15 is 0 Å². The second kappa shape index (κ2) is 18.8. The molecule has 15 heteroatoms. The van der Waals surface area contributed by atoms with E-state index in [0.29, 0.717) is 49.0 Å². The number of likely N-dealkylation sites (tertiary alicyclic amines) is 1. The Balaban J connectivity index is 0.737. The number of nitrogens with zero attached hydrogens (tertiary/aromatic N) is 8. The fourth-order valence-corrected chi connectivity index (χ4v) is 9.67. The maximum atomic E-state index is 14.7. The Morgan fingerprint density at radius 1 is 0.869 bits per heavy atom. The summed E-state index contributed by atoms with van der Waals surface area (Å²) < 4.78 is 15.7. The Bertz CT molecular complexity index is 2250. The van der Waals surface area contributed by atoms with Crippen molar-refractivity contribution in [3.8, 4) is 0 Å². The van der Waals surface area contributed by atoms with Gasteiger partial charge in [-0.2, -0.15) is 4.68 Å². The predicted molar refractivity (Wildman–Crippen MR) is 234 cm³/mol. The second-order valence-electron chi connectivity index (χ2n) is 17.6. The summed E-state index contributed by atoms with van der Waals surface area (Å²) in [6.45, 7) is 11.5. The fraction of sp³-hybridized carbons (Fsp3) is 0.522. The van der Waals surface area contributed by atoms with Gasteiger partial charge in [0.15, 0.2) is 0 Å². The molecular weight excluding hydrogens is 776 g/mol. The summed E-state index contributed by atoms with van der Waals surface area (Å²) in [5.41, 5.74) is 5.30. The van der Waals surface area contributed by atoms with Crippen LogP contribution in [0.2, 0.25) is 0 Å². The first-order valence-corrected chi connectivity index (χ1v) is 22.0. The van der Waals surface area contributed by atoms with Gasteiger partial charge in [0.25, 0.3) is 11.5 Å². The molecule has 324 valence electrons. The molecule has 61 heavy (non-hydrogen) atoms. The van der Waals surface area contributed by atoms with Crippen LogP contribution in [0.15, 0.2) is 65.5 Å². The number of aryl methyl sites for hydroxylation is 1. The molecule has 4 aliphatic rings. The number of aromatic nitrogens is 3. The van der Waals surface area contributed by atoms with Crippen molar-refractivity contribution in [3.05, 3.63) is 93.5 Å². The normalized spacial score (nSPS) is 22.0. The molecule has 0 aliphatic carbocycles. The first-order chi connectivity index (χ1) is 29.5. The number of benzene rings is 3. The van der Waals surface area contributed by atoms with E-state index in [1.807, 2.05) is 19.1 Å². The van der Waals surface area contributed by atoms with Crippen LogP contribution in [-0.4, -0.2) is 133 Å². The van der Waals surface area contributed by atoms with Crippen molar-refractivity contribution in [3.63, 3.8) is 0 Å². The maximum absolute atomic E-state index is 14.7. The number of rotatable bonds is 13. The van der Waals surface area contributed by atoms with Crippen molar-refractivity contribution in [1.29, 1.82) is 0 Å². The Morgan fingerprint density at radius 3 is 2.33 bits per heavy atom. The Hall–Kier alpha value is -5.25. The molecule has 5 heterocycles. The zero-order valence-corrected chi connectivity index (χ0v) is 35.7. The Kier molecular flexibility index (Phi) is 13.1. The van der Waals surface area contributed by atoms with Crippen molar-refractivity contribution >= 4 is 40.0 Å². The second-order valence-corrected chi connectivity index (χ2v) is 17.6. The summed E-state index contributed by atoms with van der Waals surface area (Å²) in [5.74, 6) is -0.589. The van der Waals surface area contributed by atoms with E-state index in [9.17, 15) is 23.6 Å². The molecule has 14 nitrogen and oxygen atoms in total. The molecule has 1 unspecified atom stereocenters. The predicted octanol–water partition coefficient (Wildman–Crippen LogP) is 3.68. The first kappa shape index (κ1) is 42.4. The van der Waals surface area contributed by atoms with Crippen LogP contribution in [0.3, 0.4) is 0 Å². The summed E-state index contributed by atoms with van der Waals surface area (Å²) >= 11 is 0. The molecule has 4 aromatic rings. The molecular formula is C46H59FN10O4. The highest BCUT2D eigenvalue weighted by Crippen LogP contribution is 2.33. The average Bonchev–Trinajstić information content (AvgIpc) is 3.70. The van der Waals surface area contributed by atoms with E-state index in [2.05, 4.69) is 83.8 Å². The van der Waals surface area contributed by atoms with E-state index < -0.39 is 17.5 Å². The number of hydrogen-bond acceptors (Lipinski definition) is 11. The molecule has 0 spiro atoms. The van der Waals surface area contributed by atoms with Crippen molar-refractivity contribution < 1.29 is 18.8 Å². The van der Waals surface area contributed by atoms with Gasteiger partial charge in [0.1, 0.15) is 17.4 Å². The standard InChI is InChI=1S/C46H59FN10O4/c1-31-7-6-8-39(47)37(31)28-54-29-38(42(30-54)52(2)3)32-9-11-34(12-10-32)56-25-23-53(24-26-56)20-5-4-19-48-44(59)33-17-21-55(22-18-33)35-13-14-40-36(27-35)46(61)57(51-50-40)41-15-16-43(58)49-45(41)60/h6-14,27,33,38,41-42H,4-5,15-26,28-30H2,1-3H3,(H,48,59)(H,49,58,60)/t38-,41?,42+/m1/s1. The monoisotopic (exact) mass is 834 g/mol. The molecule has 3 amide bonds. The van der Waals surface area contributed by atoms with E-state index in [-0.39, 0.29) is 36.4 Å². The minimum atomic E-state index is -0.870. The molecule has 3 aromatic carbocycles. The van der Waals surface area contributed by atoms with Gasteiger partial charge < -0.3 is 20.0 Å². The number of anilines is 2. The number of unbranched alkanes of at least 4 members (excludes halogenated alkanes) is 1. The number of carbonyl (C=O) groups is 3. The van der Waals surface area contributed by atoms with Gasteiger partial charge in [0.2, 0.25) is 11.8 Å². The number of piperidine rings is 2. The van der Waals surface area contributed by atoms with Crippen molar-refractivity contribution in [2.45, 2.75) is 70.0 Å². The van der Waals surface area contributed by atoms with E-state index in [4.69, 9.17) is 0 Å². The largest absolute Gasteiger partial charge is 0.371 e. The lowest BCUT2D eigenvalue weighted by molar-refractivity contribution is -0.136. The lowest BCUT2D eigenvalue weighted by Crippen LogP contribution is -2.46. The van der Waals surface area contributed by atoms with Gasteiger partial charge >= 0.3 is 0 Å². The van der Waals surface area contributed by atoms with Crippen LogP contribution < -0.4 is 26.0 Å². The van der Waals surface area contributed by atoms with Crippen LogP contribution >= 0.6 is 0 Å². The fourth-order valence-electron chi connectivity index (χ4n) is 9.67. The third-order valence-corrected chi connectivity index (χ3v) is 13.4. The van der Waals surface area contributed by atoms with Gasteiger partial charge in [-0.05, 0) is 107 Å². The maximum Gasteiger partial charge on any atom is 0.278 e. The molecule has 8 rings (SSSR count). The van der Waals surface area contributed by atoms with E-state index in [1.54, 1.807) is 24.3 Å². The Morgan fingerprint density at radius 2 is 1.61 bits per heavy atom. The number of hydrogen-bond donors (Lipinski definition) is 2. The Labute approximate surface area is 357 Å². The summed E-state index contributed by atoms with van der Waals surface area (Å²) in [4.78, 5) is 62.4. The topological polar surface area (TPSA) is 139 Å². The van der Waals surface area contributed by atoms with Crippen LogP contribution in [0.5, 0.6) is 0 Å². The number of imide groups is 1. The van der Waals surface area contributed by atoms with Crippen LogP contribution in [0.25, 0.3) is 10.9 Å². The highest BCUT2D eigenvalue weighted by atomic mass is 19.1. The summed E-state index contributed by atoms with van der Waals surface area (Å²) in [5, 5.41) is 14.0. The molecule has 4 saturated heterocycles.